The lowest BCUT2D eigenvalue weighted by Gasteiger charge is -2.40. The van der Waals surface area contributed by atoms with E-state index in [1.54, 1.807) is 61.5 Å². The molecular weight excluding hydrogens is 508 g/mol. The summed E-state index contributed by atoms with van der Waals surface area (Å²) in [5.41, 5.74) is 0.865. The van der Waals surface area contributed by atoms with Gasteiger partial charge in [0.15, 0.2) is 9.84 Å². The van der Waals surface area contributed by atoms with Crippen LogP contribution in [0.3, 0.4) is 0 Å². The number of hydrogen-bond acceptors (Lipinski definition) is 8. The van der Waals surface area contributed by atoms with Gasteiger partial charge in [0.2, 0.25) is 5.91 Å². The van der Waals surface area contributed by atoms with E-state index in [0.717, 1.165) is 4.31 Å². The molecule has 2 aliphatic heterocycles. The molecule has 4 rings (SSSR count). The van der Waals surface area contributed by atoms with Crippen LogP contribution in [0.5, 0.6) is 5.75 Å². The van der Waals surface area contributed by atoms with Crippen LogP contribution < -0.4 is 9.04 Å². The zero-order valence-electron chi connectivity index (χ0n) is 19.8. The number of fused-ring (bicyclic) bond motifs is 1. The van der Waals surface area contributed by atoms with Gasteiger partial charge in [-0.3, -0.25) is 9.10 Å². The van der Waals surface area contributed by atoms with Gasteiger partial charge in [0.1, 0.15) is 18.5 Å². The van der Waals surface area contributed by atoms with Crippen molar-refractivity contribution in [2.24, 2.45) is 0 Å². The van der Waals surface area contributed by atoms with E-state index in [9.17, 15) is 26.4 Å². The average Bonchev–Trinajstić information content (AvgIpc) is 2.86. The molecule has 0 aliphatic carbocycles. The van der Waals surface area contributed by atoms with Gasteiger partial charge in [-0.1, -0.05) is 42.5 Å². The van der Waals surface area contributed by atoms with Gasteiger partial charge in [-0.15, -0.1) is 0 Å². The number of rotatable bonds is 6. The zero-order chi connectivity index (χ0) is 25.9. The van der Waals surface area contributed by atoms with E-state index in [4.69, 9.17) is 9.47 Å². The number of benzene rings is 2. The second-order valence-corrected chi connectivity index (χ2v) is 12.7. The van der Waals surface area contributed by atoms with Crippen LogP contribution >= 0.6 is 0 Å². The van der Waals surface area contributed by atoms with Crippen molar-refractivity contribution in [1.29, 1.82) is 0 Å². The third-order valence-corrected chi connectivity index (χ3v) is 9.49. The van der Waals surface area contributed by atoms with Crippen LogP contribution in [0.15, 0.2) is 54.6 Å². The summed E-state index contributed by atoms with van der Waals surface area (Å²) in [5, 5.41) is -1.38. The third kappa shape index (κ3) is 5.65. The van der Waals surface area contributed by atoms with Crippen LogP contribution in [-0.4, -0.2) is 69.7 Å². The van der Waals surface area contributed by atoms with Gasteiger partial charge in [-0.25, -0.2) is 13.2 Å². The van der Waals surface area contributed by atoms with Crippen molar-refractivity contribution in [3.05, 3.63) is 60.2 Å². The minimum absolute atomic E-state index is 0.0452. The minimum atomic E-state index is -4.57. The summed E-state index contributed by atoms with van der Waals surface area (Å²) < 4.78 is 62.1. The Morgan fingerprint density at radius 3 is 2.36 bits per heavy atom. The van der Waals surface area contributed by atoms with Crippen molar-refractivity contribution in [2.45, 2.75) is 38.5 Å². The summed E-state index contributed by atoms with van der Waals surface area (Å²) in [6.45, 7) is 1.70. The first-order valence-electron chi connectivity index (χ1n) is 11.6. The summed E-state index contributed by atoms with van der Waals surface area (Å²) in [5.74, 6) is -0.0909. The Hall–Kier alpha value is -3.12. The molecule has 10 nitrogen and oxygen atoms in total. The SMILES string of the molecule is C[C@@H]1C(CCC(=O)N2CCS(=O)(=O)CC2)Oc2ccccc2N1S(=O)(=O)C(=O)OCc1ccccc1. The maximum Gasteiger partial charge on any atom is 0.445 e. The molecule has 1 saturated heterocycles. The number of para-hydroxylation sites is 2. The van der Waals surface area contributed by atoms with E-state index in [-0.39, 0.29) is 61.4 Å². The topological polar surface area (TPSA) is 127 Å². The Bertz CT molecular complexity index is 1310. The van der Waals surface area contributed by atoms with Crippen molar-refractivity contribution in [1.82, 2.24) is 4.90 Å². The second kappa shape index (κ2) is 10.5. The first kappa shape index (κ1) is 26.0. The zero-order valence-corrected chi connectivity index (χ0v) is 21.4. The van der Waals surface area contributed by atoms with E-state index in [1.165, 1.54) is 4.90 Å². The van der Waals surface area contributed by atoms with Crippen LogP contribution in [0.4, 0.5) is 10.5 Å². The highest BCUT2D eigenvalue weighted by molar-refractivity contribution is 8.06. The Kier molecular flexibility index (Phi) is 7.55. The first-order chi connectivity index (χ1) is 17.1. The predicted molar refractivity (Wildman–Crippen MR) is 133 cm³/mol. The fourth-order valence-electron chi connectivity index (χ4n) is 4.28. The maximum atomic E-state index is 13.3. The van der Waals surface area contributed by atoms with Crippen LogP contribution in [0.1, 0.15) is 25.3 Å². The Balaban J connectivity index is 1.48. The maximum absolute atomic E-state index is 13.3. The Morgan fingerprint density at radius 2 is 1.67 bits per heavy atom. The van der Waals surface area contributed by atoms with Crippen LogP contribution in [0.2, 0.25) is 0 Å². The van der Waals surface area contributed by atoms with Gasteiger partial charge in [-0.2, -0.15) is 8.42 Å². The molecule has 36 heavy (non-hydrogen) atoms. The third-order valence-electron chi connectivity index (χ3n) is 6.30. The minimum Gasteiger partial charge on any atom is -0.486 e. The monoisotopic (exact) mass is 536 g/mol. The molecule has 2 atom stereocenters. The summed E-state index contributed by atoms with van der Waals surface area (Å²) >= 11 is 0. The molecule has 2 aliphatic rings. The van der Waals surface area contributed by atoms with Gasteiger partial charge < -0.3 is 14.4 Å². The van der Waals surface area contributed by atoms with Crippen molar-refractivity contribution in [3.63, 3.8) is 0 Å². The number of hydrogen-bond donors (Lipinski definition) is 0. The Morgan fingerprint density at radius 1 is 1.03 bits per heavy atom. The molecule has 0 N–H and O–H groups in total. The summed E-state index contributed by atoms with van der Waals surface area (Å²) in [4.78, 5) is 26.9. The van der Waals surface area contributed by atoms with Crippen LogP contribution in [0.25, 0.3) is 0 Å². The lowest BCUT2D eigenvalue weighted by molar-refractivity contribution is -0.131. The predicted octanol–water partition coefficient (Wildman–Crippen LogP) is 2.35. The normalized spacial score (nSPS) is 21.2. The fourth-order valence-corrected chi connectivity index (χ4v) is 6.83. The molecule has 194 valence electrons. The molecular formula is C24H28N2O8S2. The molecule has 2 aromatic rings. The molecule has 0 spiro atoms. The number of carbonyl (C=O) groups excluding carboxylic acids is 2. The van der Waals surface area contributed by atoms with Gasteiger partial charge in [0.05, 0.1) is 23.2 Å². The Labute approximate surface area is 210 Å². The molecule has 1 amide bonds. The van der Waals surface area contributed by atoms with E-state index in [2.05, 4.69) is 0 Å². The van der Waals surface area contributed by atoms with Gasteiger partial charge >= 0.3 is 15.3 Å². The highest BCUT2D eigenvalue weighted by atomic mass is 32.2. The number of anilines is 1. The highest BCUT2D eigenvalue weighted by Crippen LogP contribution is 2.39. The van der Waals surface area contributed by atoms with Crippen molar-refractivity contribution in [2.75, 3.05) is 28.9 Å². The molecule has 2 heterocycles. The number of nitrogens with zero attached hydrogens (tertiary/aromatic N) is 2. The number of sulfonamides is 1. The molecule has 0 aromatic heterocycles. The standard InChI is InChI=1S/C24H28N2O8S2/c1-18-21(11-12-23(27)25-13-15-35(29,30)16-14-25)34-22-10-6-5-9-20(22)26(18)36(31,32)24(28)33-17-19-7-3-2-4-8-19/h2-10,18,21H,11-17H2,1H3/t18-,21?/m1/s1. The summed E-state index contributed by atoms with van der Waals surface area (Å²) in [6.07, 6.45) is -0.485. The summed E-state index contributed by atoms with van der Waals surface area (Å²) in [7, 11) is -7.69. The molecule has 0 saturated carbocycles. The number of amides is 1. The number of ether oxygens (including phenoxy) is 2. The molecule has 12 heteroatoms. The van der Waals surface area contributed by atoms with Gasteiger partial charge in [-0.05, 0) is 31.0 Å². The van der Waals surface area contributed by atoms with Crippen molar-refractivity contribution >= 4 is 36.8 Å². The van der Waals surface area contributed by atoms with E-state index >= 15 is 0 Å². The van der Waals surface area contributed by atoms with Crippen LogP contribution in [0, 0.1) is 0 Å². The second-order valence-electron chi connectivity index (χ2n) is 8.76. The molecule has 0 radical (unpaired) electrons. The quantitative estimate of drug-likeness (QED) is 0.515. The first-order valence-corrected chi connectivity index (χ1v) is 14.8. The molecule has 2 aromatic carbocycles. The summed E-state index contributed by atoms with van der Waals surface area (Å²) in [6, 6.07) is 14.4. The molecule has 1 unspecified atom stereocenters. The van der Waals surface area contributed by atoms with Crippen LogP contribution in [-0.2, 0) is 36.0 Å². The number of carbonyl (C=O) groups is 2. The molecule has 0 bridgehead atoms. The largest absolute Gasteiger partial charge is 0.486 e. The van der Waals surface area contributed by atoms with E-state index < -0.39 is 37.3 Å². The van der Waals surface area contributed by atoms with Gasteiger partial charge in [0, 0.05) is 19.5 Å². The highest BCUT2D eigenvalue weighted by Gasteiger charge is 2.44. The molecule has 1 fully saturated rings. The van der Waals surface area contributed by atoms with Crippen molar-refractivity contribution < 1.29 is 35.9 Å². The van der Waals surface area contributed by atoms with Crippen molar-refractivity contribution in [3.8, 4) is 5.75 Å². The lowest BCUT2D eigenvalue weighted by atomic mass is 10.0. The average molecular weight is 537 g/mol. The van der Waals surface area contributed by atoms with Gasteiger partial charge in [0.25, 0.3) is 0 Å². The van der Waals surface area contributed by atoms with E-state index in [1.807, 2.05) is 0 Å². The lowest BCUT2D eigenvalue weighted by Crippen LogP contribution is -2.53. The fraction of sp³-hybridized carbons (Fsp3) is 0.417. The van der Waals surface area contributed by atoms with E-state index in [0.29, 0.717) is 5.56 Å². The number of sulfone groups is 1. The smallest absolute Gasteiger partial charge is 0.445 e.